The van der Waals surface area contributed by atoms with E-state index >= 15 is 0 Å². The highest BCUT2D eigenvalue weighted by Crippen LogP contribution is 2.28. The number of carbonyl (C=O) groups is 2. The third kappa shape index (κ3) is 6.55. The highest BCUT2D eigenvalue weighted by atomic mass is 35.5. The first-order chi connectivity index (χ1) is 14.6. The number of amides is 2. The number of ether oxygens (including phenoxy) is 2. The molecule has 0 unspecified atom stereocenters. The Labute approximate surface area is 191 Å². The predicted molar refractivity (Wildman–Crippen MR) is 118 cm³/mol. The van der Waals surface area contributed by atoms with Gasteiger partial charge in [-0.1, -0.05) is 23.2 Å². The maximum absolute atomic E-state index is 12.9. The number of halogens is 2. The fraction of sp³-hybridized carbons (Fsp3) is 0.455. The van der Waals surface area contributed by atoms with Gasteiger partial charge in [0.1, 0.15) is 23.7 Å². The molecule has 2 amide bonds. The van der Waals surface area contributed by atoms with Crippen LogP contribution in [0.4, 0.5) is 4.79 Å². The molecule has 0 atom stereocenters. The SMILES string of the molecule is CC(C)(C)OC(=O)N1CCCN(C(=O)c2ccc(COc3ccc(Cl)cc3Cl)o2)CC1. The summed E-state index contributed by atoms with van der Waals surface area (Å²) >= 11 is 12.0. The van der Waals surface area contributed by atoms with Crippen LogP contribution in [0.15, 0.2) is 34.7 Å². The molecule has 3 rings (SSSR count). The topological polar surface area (TPSA) is 72.2 Å². The summed E-state index contributed by atoms with van der Waals surface area (Å²) in [5, 5.41) is 0.917. The van der Waals surface area contributed by atoms with Gasteiger partial charge in [-0.25, -0.2) is 4.79 Å². The quantitative estimate of drug-likeness (QED) is 0.612. The summed E-state index contributed by atoms with van der Waals surface area (Å²) in [6, 6.07) is 8.27. The van der Waals surface area contributed by atoms with Gasteiger partial charge in [0.15, 0.2) is 5.76 Å². The zero-order chi connectivity index (χ0) is 22.6. The number of nitrogens with zero attached hydrogens (tertiary/aromatic N) is 2. The lowest BCUT2D eigenvalue weighted by Gasteiger charge is -2.26. The maximum Gasteiger partial charge on any atom is 0.410 e. The van der Waals surface area contributed by atoms with Crippen LogP contribution in [0.3, 0.4) is 0 Å². The monoisotopic (exact) mass is 468 g/mol. The van der Waals surface area contributed by atoms with Crippen molar-refractivity contribution in [2.24, 2.45) is 0 Å². The van der Waals surface area contributed by atoms with E-state index in [0.29, 0.717) is 54.2 Å². The van der Waals surface area contributed by atoms with Gasteiger partial charge in [0.05, 0.1) is 5.02 Å². The van der Waals surface area contributed by atoms with Crippen molar-refractivity contribution in [1.82, 2.24) is 9.80 Å². The van der Waals surface area contributed by atoms with Crippen molar-refractivity contribution in [2.75, 3.05) is 26.2 Å². The molecule has 0 radical (unpaired) electrons. The van der Waals surface area contributed by atoms with Crippen molar-refractivity contribution in [3.63, 3.8) is 0 Å². The van der Waals surface area contributed by atoms with Gasteiger partial charge in [-0.15, -0.1) is 0 Å². The first-order valence-electron chi connectivity index (χ1n) is 10.1. The first kappa shape index (κ1) is 23.3. The molecule has 1 aliphatic rings. The van der Waals surface area contributed by atoms with Crippen molar-refractivity contribution < 1.29 is 23.5 Å². The molecule has 168 valence electrons. The maximum atomic E-state index is 12.9. The van der Waals surface area contributed by atoms with Crippen LogP contribution in [-0.4, -0.2) is 53.6 Å². The van der Waals surface area contributed by atoms with Crippen LogP contribution in [0, 0.1) is 0 Å². The summed E-state index contributed by atoms with van der Waals surface area (Å²) in [4.78, 5) is 28.5. The standard InChI is InChI=1S/C22H26Cl2N2O5/c1-22(2,3)31-21(28)26-10-4-9-25(11-12-26)20(27)19-8-6-16(30-19)14-29-18-7-5-15(23)13-17(18)24/h5-8,13H,4,9-12,14H2,1-3H3. The Morgan fingerprint density at radius 2 is 1.74 bits per heavy atom. The summed E-state index contributed by atoms with van der Waals surface area (Å²) in [7, 11) is 0. The summed E-state index contributed by atoms with van der Waals surface area (Å²) in [6.45, 7) is 7.51. The molecule has 1 aromatic heterocycles. The lowest BCUT2D eigenvalue weighted by atomic mass is 10.2. The number of hydrogen-bond acceptors (Lipinski definition) is 5. The molecule has 31 heavy (non-hydrogen) atoms. The van der Waals surface area contributed by atoms with Gasteiger partial charge in [-0.3, -0.25) is 4.79 Å². The average molecular weight is 469 g/mol. The molecule has 0 spiro atoms. The smallest absolute Gasteiger partial charge is 0.410 e. The Kier molecular flexibility index (Phi) is 7.38. The Morgan fingerprint density at radius 1 is 1.03 bits per heavy atom. The Bertz CT molecular complexity index is 938. The van der Waals surface area contributed by atoms with Crippen molar-refractivity contribution in [3.8, 4) is 5.75 Å². The molecule has 0 saturated carbocycles. The number of furan rings is 1. The van der Waals surface area contributed by atoms with Crippen LogP contribution >= 0.6 is 23.2 Å². The third-order valence-electron chi connectivity index (χ3n) is 4.57. The van der Waals surface area contributed by atoms with Gasteiger partial charge in [0, 0.05) is 31.2 Å². The summed E-state index contributed by atoms with van der Waals surface area (Å²) < 4.78 is 16.8. The minimum absolute atomic E-state index is 0.126. The highest BCUT2D eigenvalue weighted by Gasteiger charge is 2.27. The second kappa shape index (κ2) is 9.83. The van der Waals surface area contributed by atoms with Crippen LogP contribution in [0.2, 0.25) is 10.0 Å². The van der Waals surface area contributed by atoms with E-state index < -0.39 is 5.60 Å². The minimum Gasteiger partial charge on any atom is -0.484 e. The van der Waals surface area contributed by atoms with Gasteiger partial charge in [0.2, 0.25) is 0 Å². The lowest BCUT2D eigenvalue weighted by molar-refractivity contribution is 0.0255. The molecule has 9 heteroatoms. The summed E-state index contributed by atoms with van der Waals surface area (Å²) in [5.74, 6) is 0.984. The van der Waals surface area contributed by atoms with E-state index in [0.717, 1.165) is 0 Å². The van der Waals surface area contributed by atoms with Crippen LogP contribution in [-0.2, 0) is 11.3 Å². The molecular formula is C22H26Cl2N2O5. The molecule has 0 N–H and O–H groups in total. The summed E-state index contributed by atoms with van der Waals surface area (Å²) in [5.41, 5.74) is -0.554. The Hall–Kier alpha value is -2.38. The fourth-order valence-electron chi connectivity index (χ4n) is 3.10. The normalized spacial score (nSPS) is 14.9. The lowest BCUT2D eigenvalue weighted by Crippen LogP contribution is -2.40. The van der Waals surface area contributed by atoms with E-state index in [2.05, 4.69) is 0 Å². The van der Waals surface area contributed by atoms with E-state index in [9.17, 15) is 9.59 Å². The average Bonchev–Trinajstić information content (AvgIpc) is 3.01. The molecule has 2 heterocycles. The molecule has 1 aromatic carbocycles. The second-order valence-corrected chi connectivity index (χ2v) is 9.09. The molecule has 2 aromatic rings. The van der Waals surface area contributed by atoms with Gasteiger partial charge in [-0.05, 0) is 57.5 Å². The van der Waals surface area contributed by atoms with E-state index in [4.69, 9.17) is 37.1 Å². The Morgan fingerprint density at radius 3 is 2.45 bits per heavy atom. The van der Waals surface area contributed by atoms with Gasteiger partial charge < -0.3 is 23.7 Å². The van der Waals surface area contributed by atoms with Crippen LogP contribution in [0.1, 0.15) is 43.5 Å². The van der Waals surface area contributed by atoms with E-state index in [1.54, 1.807) is 40.1 Å². The largest absolute Gasteiger partial charge is 0.484 e. The zero-order valence-electron chi connectivity index (χ0n) is 17.8. The fourth-order valence-corrected chi connectivity index (χ4v) is 3.56. The van der Waals surface area contributed by atoms with Crippen molar-refractivity contribution in [1.29, 1.82) is 0 Å². The van der Waals surface area contributed by atoms with Gasteiger partial charge in [-0.2, -0.15) is 0 Å². The minimum atomic E-state index is -0.554. The molecule has 1 saturated heterocycles. The number of benzene rings is 1. The molecule has 1 aliphatic heterocycles. The third-order valence-corrected chi connectivity index (χ3v) is 5.10. The number of hydrogen-bond donors (Lipinski definition) is 0. The molecule has 0 bridgehead atoms. The van der Waals surface area contributed by atoms with Crippen molar-refractivity contribution in [3.05, 3.63) is 51.9 Å². The van der Waals surface area contributed by atoms with E-state index in [1.165, 1.54) is 0 Å². The van der Waals surface area contributed by atoms with Crippen LogP contribution < -0.4 is 4.74 Å². The zero-order valence-corrected chi connectivity index (χ0v) is 19.3. The van der Waals surface area contributed by atoms with E-state index in [-0.39, 0.29) is 24.4 Å². The predicted octanol–water partition coefficient (Wildman–Crippen LogP) is 5.25. The Balaban J connectivity index is 1.56. The first-order valence-corrected chi connectivity index (χ1v) is 10.8. The second-order valence-electron chi connectivity index (χ2n) is 8.24. The molecule has 0 aliphatic carbocycles. The van der Waals surface area contributed by atoms with Crippen LogP contribution in [0.5, 0.6) is 5.75 Å². The molecule has 1 fully saturated rings. The van der Waals surface area contributed by atoms with Gasteiger partial charge in [0.25, 0.3) is 5.91 Å². The van der Waals surface area contributed by atoms with Crippen molar-refractivity contribution in [2.45, 2.75) is 39.4 Å². The molecular weight excluding hydrogens is 443 g/mol. The molecule has 7 nitrogen and oxygen atoms in total. The number of rotatable bonds is 4. The van der Waals surface area contributed by atoms with E-state index in [1.807, 2.05) is 20.8 Å². The van der Waals surface area contributed by atoms with Crippen LogP contribution in [0.25, 0.3) is 0 Å². The number of carbonyl (C=O) groups excluding carboxylic acids is 2. The van der Waals surface area contributed by atoms with Gasteiger partial charge >= 0.3 is 6.09 Å². The summed E-state index contributed by atoms with van der Waals surface area (Å²) in [6.07, 6.45) is 0.302. The highest BCUT2D eigenvalue weighted by molar-refractivity contribution is 6.35. The van der Waals surface area contributed by atoms with Crippen molar-refractivity contribution >= 4 is 35.2 Å².